The van der Waals surface area contributed by atoms with Gasteiger partial charge in [-0.1, -0.05) is 11.8 Å². The number of hydrogen-bond donors (Lipinski definition) is 3. The molecule has 1 heterocycles. The van der Waals surface area contributed by atoms with E-state index in [4.69, 9.17) is 16.6 Å². The molecule has 0 atom stereocenters. The molecular weight excluding hydrogens is 318 g/mol. The summed E-state index contributed by atoms with van der Waals surface area (Å²) in [5, 5.41) is 9.05. The second-order valence-electron chi connectivity index (χ2n) is 6.33. The molecule has 0 saturated carbocycles. The van der Waals surface area contributed by atoms with Gasteiger partial charge in [-0.2, -0.15) is 0 Å². The van der Waals surface area contributed by atoms with Crippen LogP contribution in [0.1, 0.15) is 19.3 Å². The molecule has 0 amide bonds. The molecule has 1 saturated heterocycles. The summed E-state index contributed by atoms with van der Waals surface area (Å²) in [6.07, 6.45) is 3.28. The number of nitrogens with two attached hydrogens (primary N) is 2. The topological polar surface area (TPSA) is 75.5 Å². The maximum Gasteiger partial charge on any atom is 0.0559 e. The van der Waals surface area contributed by atoms with E-state index >= 15 is 0 Å². The van der Waals surface area contributed by atoms with Gasteiger partial charge in [0.15, 0.2) is 0 Å². The molecule has 2 aromatic rings. The van der Waals surface area contributed by atoms with Crippen LogP contribution >= 0.6 is 11.8 Å². The molecule has 4 nitrogen and oxygen atoms in total. The number of nitrogen functional groups attached to an aromatic ring is 2. The minimum absolute atomic E-state index is 0.312. The van der Waals surface area contributed by atoms with Crippen LogP contribution in [0, 0.1) is 5.92 Å². The lowest BCUT2D eigenvalue weighted by Gasteiger charge is -2.33. The lowest BCUT2D eigenvalue weighted by Crippen LogP contribution is -2.33. The molecular formula is C19H25N3OS. The number of aliphatic hydroxyl groups excluding tert-OH is 1. The van der Waals surface area contributed by atoms with Gasteiger partial charge in [0.25, 0.3) is 0 Å². The van der Waals surface area contributed by atoms with Gasteiger partial charge < -0.3 is 21.5 Å². The van der Waals surface area contributed by atoms with E-state index in [-0.39, 0.29) is 0 Å². The van der Waals surface area contributed by atoms with Gasteiger partial charge in [-0.05, 0) is 67.6 Å². The molecule has 1 aliphatic heterocycles. The van der Waals surface area contributed by atoms with Crippen LogP contribution in [0.2, 0.25) is 0 Å². The zero-order chi connectivity index (χ0) is 16.9. The zero-order valence-electron chi connectivity index (χ0n) is 13.8. The molecule has 0 bridgehead atoms. The van der Waals surface area contributed by atoms with Crippen molar-refractivity contribution < 1.29 is 5.11 Å². The smallest absolute Gasteiger partial charge is 0.0559 e. The summed E-state index contributed by atoms with van der Waals surface area (Å²) in [5.74, 6) is 0.678. The number of aliphatic hydroxyl groups is 1. The van der Waals surface area contributed by atoms with Crippen LogP contribution in [0.15, 0.2) is 52.3 Å². The first-order chi connectivity index (χ1) is 11.7. The number of hydrogen-bond acceptors (Lipinski definition) is 5. The predicted molar refractivity (Wildman–Crippen MR) is 102 cm³/mol. The maximum atomic E-state index is 9.05. The highest BCUT2D eigenvalue weighted by Gasteiger charge is 2.18. The fraction of sp³-hybridized carbons (Fsp3) is 0.368. The Labute approximate surface area is 147 Å². The lowest BCUT2D eigenvalue weighted by molar-refractivity contribution is 0.240. The Balaban J connectivity index is 1.60. The van der Waals surface area contributed by atoms with E-state index in [9.17, 15) is 0 Å². The van der Waals surface area contributed by atoms with Crippen LogP contribution in [0.4, 0.5) is 17.1 Å². The van der Waals surface area contributed by atoms with Gasteiger partial charge in [-0.25, -0.2) is 0 Å². The third-order valence-corrected chi connectivity index (χ3v) is 5.65. The van der Waals surface area contributed by atoms with Crippen LogP contribution in [0.25, 0.3) is 0 Å². The van der Waals surface area contributed by atoms with Gasteiger partial charge >= 0.3 is 0 Å². The van der Waals surface area contributed by atoms with Gasteiger partial charge in [-0.15, -0.1) is 0 Å². The van der Waals surface area contributed by atoms with Crippen LogP contribution in [0.3, 0.4) is 0 Å². The molecule has 5 heteroatoms. The Morgan fingerprint density at radius 2 is 1.62 bits per heavy atom. The first kappa shape index (κ1) is 17.0. The monoisotopic (exact) mass is 343 g/mol. The molecule has 0 radical (unpaired) electrons. The van der Waals surface area contributed by atoms with Crippen molar-refractivity contribution in [2.45, 2.75) is 29.1 Å². The van der Waals surface area contributed by atoms with E-state index in [2.05, 4.69) is 29.2 Å². The average molecular weight is 343 g/mol. The molecule has 5 N–H and O–H groups in total. The quantitative estimate of drug-likeness (QED) is 0.723. The van der Waals surface area contributed by atoms with Crippen molar-refractivity contribution in [2.75, 3.05) is 36.1 Å². The summed E-state index contributed by atoms with van der Waals surface area (Å²) in [4.78, 5) is 4.72. The van der Waals surface area contributed by atoms with Crippen LogP contribution in [-0.2, 0) is 0 Å². The molecule has 3 rings (SSSR count). The third kappa shape index (κ3) is 4.16. The largest absolute Gasteiger partial charge is 0.397 e. The molecule has 24 heavy (non-hydrogen) atoms. The van der Waals surface area contributed by atoms with Gasteiger partial charge in [0.2, 0.25) is 0 Å². The number of nitrogens with zero attached hydrogens (tertiary/aromatic N) is 1. The second kappa shape index (κ2) is 7.81. The summed E-state index contributed by atoms with van der Waals surface area (Å²) in [5.41, 5.74) is 14.2. The van der Waals surface area contributed by atoms with Crippen molar-refractivity contribution in [3.63, 3.8) is 0 Å². The molecule has 0 aliphatic carbocycles. The van der Waals surface area contributed by atoms with Crippen LogP contribution in [-0.4, -0.2) is 24.8 Å². The maximum absolute atomic E-state index is 9.05. The second-order valence-corrected chi connectivity index (χ2v) is 7.48. The Kier molecular flexibility index (Phi) is 5.53. The number of rotatable bonds is 5. The fourth-order valence-electron chi connectivity index (χ4n) is 3.14. The Bertz CT molecular complexity index is 667. The standard InChI is InChI=1S/C19H25N3OS/c20-18-6-5-17(13-19(18)21)24-16-3-1-15(2-4-16)22-10-7-14(8-11-22)9-12-23/h1-6,13-14,23H,7-12,20-21H2. The highest BCUT2D eigenvalue weighted by atomic mass is 32.2. The first-order valence-electron chi connectivity index (χ1n) is 8.44. The van der Waals surface area contributed by atoms with Crippen LogP contribution in [0.5, 0.6) is 0 Å². The SMILES string of the molecule is Nc1ccc(Sc2ccc(N3CCC(CCO)CC3)cc2)cc1N. The van der Waals surface area contributed by atoms with E-state index in [1.54, 1.807) is 11.8 Å². The van der Waals surface area contributed by atoms with Crippen molar-refractivity contribution >= 4 is 28.8 Å². The van der Waals surface area contributed by atoms with Gasteiger partial charge in [0, 0.05) is 35.2 Å². The van der Waals surface area contributed by atoms with Gasteiger partial charge in [-0.3, -0.25) is 0 Å². The number of benzene rings is 2. The van der Waals surface area contributed by atoms with Gasteiger partial charge in [0.05, 0.1) is 11.4 Å². The molecule has 1 aliphatic rings. The van der Waals surface area contributed by atoms with E-state index in [1.807, 2.05) is 18.2 Å². The fourth-order valence-corrected chi connectivity index (χ4v) is 4.01. The van der Waals surface area contributed by atoms with Crippen molar-refractivity contribution in [1.82, 2.24) is 0 Å². The normalized spacial score (nSPS) is 15.6. The molecule has 0 aromatic heterocycles. The third-order valence-electron chi connectivity index (χ3n) is 4.65. The Morgan fingerprint density at radius 1 is 0.958 bits per heavy atom. The minimum atomic E-state index is 0.312. The lowest BCUT2D eigenvalue weighted by atomic mass is 9.93. The van der Waals surface area contributed by atoms with Crippen molar-refractivity contribution in [2.24, 2.45) is 5.92 Å². The highest BCUT2D eigenvalue weighted by Crippen LogP contribution is 2.32. The van der Waals surface area contributed by atoms with Crippen molar-refractivity contribution in [1.29, 1.82) is 0 Å². The predicted octanol–water partition coefficient (Wildman–Crippen LogP) is 3.60. The Morgan fingerprint density at radius 3 is 2.25 bits per heavy atom. The van der Waals surface area contributed by atoms with E-state index in [1.165, 1.54) is 23.4 Å². The Hall–Kier alpha value is -1.85. The number of piperidine rings is 1. The van der Waals surface area contributed by atoms with Crippen molar-refractivity contribution in [3.8, 4) is 0 Å². The average Bonchev–Trinajstić information content (AvgIpc) is 2.60. The molecule has 2 aromatic carbocycles. The van der Waals surface area contributed by atoms with Crippen LogP contribution < -0.4 is 16.4 Å². The number of anilines is 3. The minimum Gasteiger partial charge on any atom is -0.397 e. The molecule has 0 unspecified atom stereocenters. The summed E-state index contributed by atoms with van der Waals surface area (Å²) in [6, 6.07) is 14.5. The zero-order valence-corrected chi connectivity index (χ0v) is 14.6. The van der Waals surface area contributed by atoms with E-state index in [0.29, 0.717) is 23.9 Å². The highest BCUT2D eigenvalue weighted by molar-refractivity contribution is 7.99. The van der Waals surface area contributed by atoms with Gasteiger partial charge in [0.1, 0.15) is 0 Å². The van der Waals surface area contributed by atoms with Crippen molar-refractivity contribution in [3.05, 3.63) is 42.5 Å². The first-order valence-corrected chi connectivity index (χ1v) is 9.26. The summed E-state index contributed by atoms with van der Waals surface area (Å²) in [6.45, 7) is 2.46. The molecule has 0 spiro atoms. The van der Waals surface area contributed by atoms with E-state index < -0.39 is 0 Å². The summed E-state index contributed by atoms with van der Waals surface area (Å²) in [7, 11) is 0. The van der Waals surface area contributed by atoms with E-state index in [0.717, 1.165) is 24.4 Å². The summed E-state index contributed by atoms with van der Waals surface area (Å²) < 4.78 is 0. The summed E-state index contributed by atoms with van der Waals surface area (Å²) >= 11 is 1.69. The molecule has 1 fully saturated rings. The molecule has 128 valence electrons.